The molecular formula is C13H17F2NO2. The minimum absolute atomic E-state index is 0.0589. The quantitative estimate of drug-likeness (QED) is 0.848. The number of halogens is 2. The average Bonchev–Trinajstić information content (AvgIpc) is 2.32. The minimum Gasteiger partial charge on any atom is -0.388 e. The van der Waals surface area contributed by atoms with E-state index in [-0.39, 0.29) is 12.2 Å². The first-order chi connectivity index (χ1) is 8.34. The van der Waals surface area contributed by atoms with Crippen molar-refractivity contribution in [1.29, 1.82) is 0 Å². The Morgan fingerprint density at radius 1 is 1.39 bits per heavy atom. The highest BCUT2D eigenvalue weighted by Gasteiger charge is 2.38. The van der Waals surface area contributed by atoms with Gasteiger partial charge in [0.15, 0.2) is 0 Å². The van der Waals surface area contributed by atoms with Gasteiger partial charge in [-0.05, 0) is 12.0 Å². The van der Waals surface area contributed by atoms with E-state index in [9.17, 15) is 13.9 Å². The van der Waals surface area contributed by atoms with E-state index in [1.807, 2.05) is 0 Å². The number of benzene rings is 1. The number of aliphatic hydroxyl groups excluding tert-OH is 1. The maximum atomic E-state index is 13.1. The number of hydrogen-bond acceptors (Lipinski definition) is 3. The molecule has 1 aliphatic heterocycles. The van der Waals surface area contributed by atoms with E-state index in [1.54, 1.807) is 12.1 Å². The summed E-state index contributed by atoms with van der Waals surface area (Å²) in [6.45, 7) is 1.48. The van der Waals surface area contributed by atoms with Crippen LogP contribution in [0.3, 0.4) is 0 Å². The van der Waals surface area contributed by atoms with Crippen LogP contribution in [0.25, 0.3) is 0 Å². The molecule has 0 spiro atoms. The van der Waals surface area contributed by atoms with Crippen LogP contribution in [0.2, 0.25) is 0 Å². The standard InChI is InChI=1S/C13H17F2NO2/c1-12(14,15)9-2-4-10(5-3-9)13(16)6-7-18-8-11(13)17/h2-5,11,17H,6-8,16H2,1H3. The van der Waals surface area contributed by atoms with Gasteiger partial charge in [0.2, 0.25) is 0 Å². The molecule has 1 aromatic rings. The fourth-order valence-electron chi connectivity index (χ4n) is 2.16. The first-order valence-corrected chi connectivity index (χ1v) is 5.87. The summed E-state index contributed by atoms with van der Waals surface area (Å²) in [6, 6.07) is 5.82. The second kappa shape index (κ2) is 4.57. The van der Waals surface area contributed by atoms with E-state index >= 15 is 0 Å². The summed E-state index contributed by atoms with van der Waals surface area (Å²) in [7, 11) is 0. The monoisotopic (exact) mass is 257 g/mol. The van der Waals surface area contributed by atoms with E-state index in [0.717, 1.165) is 6.92 Å². The number of nitrogens with two attached hydrogens (primary N) is 1. The van der Waals surface area contributed by atoms with Crippen LogP contribution >= 0.6 is 0 Å². The average molecular weight is 257 g/mol. The van der Waals surface area contributed by atoms with Crippen molar-refractivity contribution in [2.75, 3.05) is 13.2 Å². The molecule has 0 aromatic heterocycles. The second-order valence-corrected chi connectivity index (χ2v) is 4.85. The highest BCUT2D eigenvalue weighted by Crippen LogP contribution is 2.32. The Bertz CT molecular complexity index is 416. The topological polar surface area (TPSA) is 55.5 Å². The molecule has 2 atom stereocenters. The van der Waals surface area contributed by atoms with Crippen molar-refractivity contribution < 1.29 is 18.6 Å². The Labute approximate surface area is 105 Å². The molecule has 1 fully saturated rings. The molecule has 2 unspecified atom stereocenters. The highest BCUT2D eigenvalue weighted by molar-refractivity contribution is 5.31. The lowest BCUT2D eigenvalue weighted by atomic mass is 9.81. The summed E-state index contributed by atoms with van der Waals surface area (Å²) >= 11 is 0. The molecule has 5 heteroatoms. The van der Waals surface area contributed by atoms with Gasteiger partial charge in [0, 0.05) is 19.1 Å². The van der Waals surface area contributed by atoms with Gasteiger partial charge in [0.25, 0.3) is 5.92 Å². The van der Waals surface area contributed by atoms with Gasteiger partial charge < -0.3 is 15.6 Å². The van der Waals surface area contributed by atoms with E-state index in [4.69, 9.17) is 10.5 Å². The van der Waals surface area contributed by atoms with Crippen molar-refractivity contribution in [1.82, 2.24) is 0 Å². The van der Waals surface area contributed by atoms with Crippen LogP contribution in [0.15, 0.2) is 24.3 Å². The van der Waals surface area contributed by atoms with Crippen molar-refractivity contribution in [2.24, 2.45) is 5.73 Å². The van der Waals surface area contributed by atoms with Crippen LogP contribution in [0, 0.1) is 0 Å². The third-order valence-electron chi connectivity index (χ3n) is 3.46. The zero-order valence-corrected chi connectivity index (χ0v) is 10.2. The number of hydrogen-bond donors (Lipinski definition) is 2. The van der Waals surface area contributed by atoms with Crippen molar-refractivity contribution in [3.63, 3.8) is 0 Å². The summed E-state index contributed by atoms with van der Waals surface area (Å²) in [5, 5.41) is 9.91. The summed E-state index contributed by atoms with van der Waals surface area (Å²) in [5.74, 6) is -2.87. The number of aliphatic hydroxyl groups is 1. The van der Waals surface area contributed by atoms with Gasteiger partial charge in [-0.2, -0.15) is 0 Å². The van der Waals surface area contributed by atoms with E-state index in [1.165, 1.54) is 12.1 Å². The molecule has 1 aliphatic rings. The molecule has 0 amide bonds. The van der Waals surface area contributed by atoms with Crippen LogP contribution in [0.5, 0.6) is 0 Å². The maximum absolute atomic E-state index is 13.1. The Morgan fingerprint density at radius 2 is 2.00 bits per heavy atom. The normalized spacial score (nSPS) is 29.3. The molecular weight excluding hydrogens is 240 g/mol. The molecule has 18 heavy (non-hydrogen) atoms. The first kappa shape index (κ1) is 13.4. The van der Waals surface area contributed by atoms with E-state index in [2.05, 4.69) is 0 Å². The van der Waals surface area contributed by atoms with Gasteiger partial charge >= 0.3 is 0 Å². The first-order valence-electron chi connectivity index (χ1n) is 5.87. The zero-order valence-electron chi connectivity index (χ0n) is 10.2. The lowest BCUT2D eigenvalue weighted by molar-refractivity contribution is -0.0595. The smallest absolute Gasteiger partial charge is 0.270 e. The van der Waals surface area contributed by atoms with Crippen molar-refractivity contribution in [2.45, 2.75) is 30.9 Å². The number of alkyl halides is 2. The molecule has 0 saturated carbocycles. The molecule has 3 nitrogen and oxygen atoms in total. The van der Waals surface area contributed by atoms with Gasteiger partial charge in [-0.25, -0.2) is 8.78 Å². The Morgan fingerprint density at radius 3 is 2.50 bits per heavy atom. The fraction of sp³-hybridized carbons (Fsp3) is 0.538. The Balaban J connectivity index is 2.28. The van der Waals surface area contributed by atoms with Crippen LogP contribution < -0.4 is 5.73 Å². The van der Waals surface area contributed by atoms with E-state index < -0.39 is 17.6 Å². The molecule has 0 aliphatic carbocycles. The Kier molecular flexibility index (Phi) is 3.40. The summed E-state index contributed by atoms with van der Waals surface area (Å²) in [5.41, 5.74) is 5.85. The summed E-state index contributed by atoms with van der Waals surface area (Å²) in [4.78, 5) is 0. The molecule has 1 aromatic carbocycles. The SMILES string of the molecule is CC(F)(F)c1ccc(C2(N)CCOCC2O)cc1. The second-order valence-electron chi connectivity index (χ2n) is 4.85. The largest absolute Gasteiger partial charge is 0.388 e. The molecule has 3 N–H and O–H groups in total. The molecule has 100 valence electrons. The summed E-state index contributed by atoms with van der Waals surface area (Å²) in [6.07, 6.45) is -0.352. The van der Waals surface area contributed by atoms with Crippen molar-refractivity contribution in [3.05, 3.63) is 35.4 Å². The summed E-state index contributed by atoms with van der Waals surface area (Å²) < 4.78 is 31.3. The highest BCUT2D eigenvalue weighted by atomic mass is 19.3. The maximum Gasteiger partial charge on any atom is 0.270 e. The minimum atomic E-state index is -2.87. The van der Waals surface area contributed by atoms with Crippen LogP contribution in [-0.4, -0.2) is 24.4 Å². The van der Waals surface area contributed by atoms with Crippen molar-refractivity contribution >= 4 is 0 Å². The molecule has 1 heterocycles. The van der Waals surface area contributed by atoms with E-state index in [0.29, 0.717) is 18.6 Å². The predicted octanol–water partition coefficient (Wildman–Crippen LogP) is 1.73. The fourth-order valence-corrected chi connectivity index (χ4v) is 2.16. The third-order valence-corrected chi connectivity index (χ3v) is 3.46. The lowest BCUT2D eigenvalue weighted by Crippen LogP contribution is -2.53. The Hall–Kier alpha value is -1.04. The lowest BCUT2D eigenvalue weighted by Gasteiger charge is -2.38. The van der Waals surface area contributed by atoms with Gasteiger partial charge in [-0.1, -0.05) is 24.3 Å². The van der Waals surface area contributed by atoms with Crippen LogP contribution in [-0.2, 0) is 16.2 Å². The van der Waals surface area contributed by atoms with Gasteiger partial charge in [-0.3, -0.25) is 0 Å². The third kappa shape index (κ3) is 2.39. The van der Waals surface area contributed by atoms with Crippen LogP contribution in [0.4, 0.5) is 8.78 Å². The van der Waals surface area contributed by atoms with Crippen LogP contribution in [0.1, 0.15) is 24.5 Å². The van der Waals surface area contributed by atoms with Gasteiger partial charge in [-0.15, -0.1) is 0 Å². The molecule has 0 radical (unpaired) electrons. The van der Waals surface area contributed by atoms with Crippen molar-refractivity contribution in [3.8, 4) is 0 Å². The number of ether oxygens (including phenoxy) is 1. The van der Waals surface area contributed by atoms with Gasteiger partial charge in [0.05, 0.1) is 18.2 Å². The predicted molar refractivity (Wildman–Crippen MR) is 63.3 cm³/mol. The van der Waals surface area contributed by atoms with Gasteiger partial charge in [0.1, 0.15) is 0 Å². The zero-order chi connectivity index (χ0) is 13.4. The number of rotatable bonds is 2. The molecule has 2 rings (SSSR count). The molecule has 0 bridgehead atoms. The molecule has 1 saturated heterocycles.